The molecule has 4 aromatic rings. The van der Waals surface area contributed by atoms with Crippen LogP contribution in [0.2, 0.25) is 0 Å². The zero-order chi connectivity index (χ0) is 25.1. The van der Waals surface area contributed by atoms with Crippen molar-refractivity contribution in [3.63, 3.8) is 0 Å². The molecule has 1 saturated heterocycles. The van der Waals surface area contributed by atoms with Crippen LogP contribution in [0, 0.1) is 0 Å². The standard InChI is InChI=1S/C27H21N3O5S/c31-24(28-12-13-30-25(32)16-36-27(30)34)15-35-26(33)21-14-23(29-22-11-4-3-9-20(21)22)19-10-5-7-17-6-1-2-8-18(17)19/h1-11,14H,12-13,15-16H2,(H,28,31). The molecular formula is C27H21N3O5S. The number of ether oxygens (including phenoxy) is 1. The Balaban J connectivity index is 1.33. The van der Waals surface area contributed by atoms with Crippen LogP contribution in [0.1, 0.15) is 10.4 Å². The predicted molar refractivity (Wildman–Crippen MR) is 138 cm³/mol. The fourth-order valence-electron chi connectivity index (χ4n) is 4.10. The van der Waals surface area contributed by atoms with Crippen LogP contribution in [-0.4, -0.2) is 58.4 Å². The lowest BCUT2D eigenvalue weighted by Crippen LogP contribution is -2.38. The molecule has 3 amide bonds. The number of amides is 3. The molecule has 36 heavy (non-hydrogen) atoms. The van der Waals surface area contributed by atoms with Crippen molar-refractivity contribution in [3.05, 3.63) is 78.4 Å². The van der Waals surface area contributed by atoms with Crippen molar-refractivity contribution in [2.75, 3.05) is 25.4 Å². The van der Waals surface area contributed by atoms with E-state index in [1.807, 2.05) is 60.7 Å². The van der Waals surface area contributed by atoms with Gasteiger partial charge in [0.25, 0.3) is 11.1 Å². The summed E-state index contributed by atoms with van der Waals surface area (Å²) in [6.07, 6.45) is 0. The van der Waals surface area contributed by atoms with Gasteiger partial charge in [-0.05, 0) is 22.9 Å². The van der Waals surface area contributed by atoms with E-state index in [-0.39, 0.29) is 30.0 Å². The Morgan fingerprint density at radius 1 is 0.972 bits per heavy atom. The number of para-hydroxylation sites is 1. The molecule has 1 aliphatic rings. The lowest BCUT2D eigenvalue weighted by atomic mass is 9.99. The van der Waals surface area contributed by atoms with Gasteiger partial charge < -0.3 is 10.1 Å². The minimum absolute atomic E-state index is 0.0771. The van der Waals surface area contributed by atoms with Crippen LogP contribution in [0.4, 0.5) is 4.79 Å². The quantitative estimate of drug-likeness (QED) is 0.383. The Bertz CT molecular complexity index is 1500. The SMILES string of the molecule is O=C(COC(=O)c1cc(-c2cccc3ccccc23)nc2ccccc12)NCCN1C(=O)CSC1=O. The van der Waals surface area contributed by atoms with Crippen LogP contribution >= 0.6 is 11.8 Å². The summed E-state index contributed by atoms with van der Waals surface area (Å²) in [6.45, 7) is -0.332. The lowest BCUT2D eigenvalue weighted by molar-refractivity contribution is -0.126. The topological polar surface area (TPSA) is 106 Å². The van der Waals surface area contributed by atoms with Crippen molar-refractivity contribution < 1.29 is 23.9 Å². The van der Waals surface area contributed by atoms with Gasteiger partial charge in [-0.25, -0.2) is 9.78 Å². The average molecular weight is 500 g/mol. The van der Waals surface area contributed by atoms with Crippen molar-refractivity contribution in [1.82, 2.24) is 15.2 Å². The van der Waals surface area contributed by atoms with Gasteiger partial charge in [-0.1, -0.05) is 72.4 Å². The van der Waals surface area contributed by atoms with Crippen molar-refractivity contribution >= 4 is 56.5 Å². The summed E-state index contributed by atoms with van der Waals surface area (Å²) in [6, 6.07) is 22.8. The average Bonchev–Trinajstić information content (AvgIpc) is 3.23. The van der Waals surface area contributed by atoms with Crippen LogP contribution in [0.3, 0.4) is 0 Å². The summed E-state index contributed by atoms with van der Waals surface area (Å²) in [5.74, 6) is -1.34. The van der Waals surface area contributed by atoms with Crippen molar-refractivity contribution in [1.29, 1.82) is 0 Å². The molecule has 2 heterocycles. The number of hydrogen-bond acceptors (Lipinski definition) is 7. The monoisotopic (exact) mass is 499 g/mol. The number of esters is 1. The first-order valence-corrected chi connectivity index (χ1v) is 12.3. The maximum Gasteiger partial charge on any atom is 0.339 e. The Kier molecular flexibility index (Phi) is 6.64. The number of hydrogen-bond donors (Lipinski definition) is 1. The third-order valence-corrected chi connectivity index (χ3v) is 6.69. The fraction of sp³-hybridized carbons (Fsp3) is 0.148. The number of pyridine rings is 1. The summed E-state index contributed by atoms with van der Waals surface area (Å²) >= 11 is 0.935. The van der Waals surface area contributed by atoms with Gasteiger partial charge in [-0.15, -0.1) is 0 Å². The molecule has 0 atom stereocenters. The van der Waals surface area contributed by atoms with Crippen LogP contribution in [0.5, 0.6) is 0 Å². The van der Waals surface area contributed by atoms with E-state index in [1.165, 1.54) is 0 Å². The minimum atomic E-state index is -0.647. The van der Waals surface area contributed by atoms with Gasteiger partial charge in [0.15, 0.2) is 6.61 Å². The zero-order valence-electron chi connectivity index (χ0n) is 19.1. The Morgan fingerprint density at radius 3 is 2.53 bits per heavy atom. The first-order valence-electron chi connectivity index (χ1n) is 11.3. The molecule has 0 saturated carbocycles. The van der Waals surface area contributed by atoms with Crippen LogP contribution in [0.15, 0.2) is 72.8 Å². The molecule has 1 aromatic heterocycles. The molecule has 180 valence electrons. The molecule has 8 nitrogen and oxygen atoms in total. The Morgan fingerprint density at radius 2 is 1.72 bits per heavy atom. The third-order valence-electron chi connectivity index (χ3n) is 5.83. The highest BCUT2D eigenvalue weighted by Crippen LogP contribution is 2.30. The van der Waals surface area contributed by atoms with Gasteiger partial charge in [0.05, 0.1) is 22.5 Å². The van der Waals surface area contributed by atoms with E-state index in [0.29, 0.717) is 22.2 Å². The molecule has 1 N–H and O–H groups in total. The number of benzene rings is 3. The van der Waals surface area contributed by atoms with E-state index < -0.39 is 18.5 Å². The van der Waals surface area contributed by atoms with E-state index >= 15 is 0 Å². The summed E-state index contributed by atoms with van der Waals surface area (Å²) in [5.41, 5.74) is 2.45. The molecule has 1 fully saturated rings. The molecule has 0 spiro atoms. The van der Waals surface area contributed by atoms with Crippen LogP contribution < -0.4 is 5.32 Å². The highest BCUT2D eigenvalue weighted by Gasteiger charge is 2.29. The van der Waals surface area contributed by atoms with Crippen LogP contribution in [-0.2, 0) is 14.3 Å². The van der Waals surface area contributed by atoms with E-state index in [4.69, 9.17) is 9.72 Å². The first kappa shape index (κ1) is 23.5. The molecule has 0 unspecified atom stereocenters. The number of imide groups is 1. The maximum absolute atomic E-state index is 13.0. The highest BCUT2D eigenvalue weighted by molar-refractivity contribution is 8.14. The zero-order valence-corrected chi connectivity index (χ0v) is 19.9. The predicted octanol–water partition coefficient (Wildman–Crippen LogP) is 4.02. The van der Waals surface area contributed by atoms with Crippen molar-refractivity contribution in [2.45, 2.75) is 0 Å². The number of fused-ring (bicyclic) bond motifs is 2. The number of carbonyl (C=O) groups is 4. The molecule has 0 radical (unpaired) electrons. The number of aromatic nitrogens is 1. The summed E-state index contributed by atoms with van der Waals surface area (Å²) < 4.78 is 5.31. The fourth-order valence-corrected chi connectivity index (χ4v) is 4.85. The molecule has 5 rings (SSSR count). The van der Waals surface area contributed by atoms with E-state index in [9.17, 15) is 19.2 Å². The maximum atomic E-state index is 13.0. The summed E-state index contributed by atoms with van der Waals surface area (Å²) in [4.78, 5) is 54.4. The van der Waals surface area contributed by atoms with Gasteiger partial charge in [-0.3, -0.25) is 19.3 Å². The summed E-state index contributed by atoms with van der Waals surface area (Å²) in [7, 11) is 0. The smallest absolute Gasteiger partial charge is 0.339 e. The normalized spacial score (nSPS) is 13.4. The van der Waals surface area contributed by atoms with Gasteiger partial charge in [0.2, 0.25) is 5.91 Å². The van der Waals surface area contributed by atoms with E-state index in [2.05, 4.69) is 5.32 Å². The molecule has 0 aliphatic carbocycles. The van der Waals surface area contributed by atoms with Gasteiger partial charge in [0, 0.05) is 24.0 Å². The number of nitrogens with one attached hydrogen (secondary N) is 1. The largest absolute Gasteiger partial charge is 0.452 e. The van der Waals surface area contributed by atoms with E-state index in [1.54, 1.807) is 12.1 Å². The highest BCUT2D eigenvalue weighted by atomic mass is 32.2. The third kappa shape index (κ3) is 4.78. The second-order valence-electron chi connectivity index (χ2n) is 8.12. The number of thioether (sulfide) groups is 1. The van der Waals surface area contributed by atoms with Crippen molar-refractivity contribution in [2.24, 2.45) is 0 Å². The number of carbonyl (C=O) groups excluding carboxylic acids is 4. The first-order chi connectivity index (χ1) is 17.5. The van der Waals surface area contributed by atoms with Gasteiger partial charge in [-0.2, -0.15) is 0 Å². The molecule has 3 aromatic carbocycles. The second-order valence-corrected chi connectivity index (χ2v) is 9.05. The molecular weight excluding hydrogens is 478 g/mol. The van der Waals surface area contributed by atoms with E-state index in [0.717, 1.165) is 33.0 Å². The Hall–Kier alpha value is -4.24. The molecule has 0 bridgehead atoms. The van der Waals surface area contributed by atoms with Gasteiger partial charge in [0.1, 0.15) is 0 Å². The summed E-state index contributed by atoms with van der Waals surface area (Å²) in [5, 5.41) is 4.93. The van der Waals surface area contributed by atoms with Crippen molar-refractivity contribution in [3.8, 4) is 11.3 Å². The molecule has 1 aliphatic heterocycles. The molecule has 9 heteroatoms. The second kappa shape index (κ2) is 10.2. The number of rotatable bonds is 7. The minimum Gasteiger partial charge on any atom is -0.452 e. The Labute approximate surface area is 210 Å². The van der Waals surface area contributed by atoms with Crippen LogP contribution in [0.25, 0.3) is 32.9 Å². The lowest BCUT2D eigenvalue weighted by Gasteiger charge is -2.13. The number of nitrogens with zero attached hydrogens (tertiary/aromatic N) is 2. The van der Waals surface area contributed by atoms with Gasteiger partial charge >= 0.3 is 5.97 Å².